The Morgan fingerprint density at radius 1 is 0.872 bits per heavy atom. The van der Waals surface area contributed by atoms with Gasteiger partial charge in [0.2, 0.25) is 5.95 Å². The lowest BCUT2D eigenvalue weighted by molar-refractivity contribution is -0.132. The molecule has 1 saturated heterocycles. The van der Waals surface area contributed by atoms with Crippen LogP contribution >= 0.6 is 0 Å². The van der Waals surface area contributed by atoms with Crippen LogP contribution in [0.3, 0.4) is 0 Å². The first kappa shape index (κ1) is 25.7. The van der Waals surface area contributed by atoms with Gasteiger partial charge >= 0.3 is 5.91 Å². The number of aryl methyl sites for hydroxylation is 1. The molecule has 3 aromatic carbocycles. The molecule has 0 saturated carbocycles. The number of hydrogen-bond acceptors (Lipinski definition) is 8. The van der Waals surface area contributed by atoms with Crippen molar-refractivity contribution in [2.24, 2.45) is 0 Å². The van der Waals surface area contributed by atoms with Gasteiger partial charge in [-0.05, 0) is 54.4 Å². The number of aromatic nitrogens is 2. The summed E-state index contributed by atoms with van der Waals surface area (Å²) in [5, 5.41) is 11.6. The predicted octanol–water partition coefficient (Wildman–Crippen LogP) is 4.53. The highest BCUT2D eigenvalue weighted by molar-refractivity contribution is 6.51. The Kier molecular flexibility index (Phi) is 6.61. The van der Waals surface area contributed by atoms with E-state index in [1.54, 1.807) is 36.4 Å². The standard InChI is InChI=1S/C29H27N3O7/c1-15-6-10-19-20(12-15)31-29(30-19)32-25(16-7-11-21(37-3)23(13-16)39-5)24(27(34)28(32)35)26(33)18-9-8-17(36-2)14-22(18)38-4/h6-14,25,33H,1-5H3,(H,30,31)/b26-24+. The number of Topliss-reactive ketones (excluding diaryl/α,β-unsaturated/α-hetero) is 1. The van der Waals surface area contributed by atoms with Crippen molar-refractivity contribution in [2.75, 3.05) is 33.3 Å². The number of rotatable bonds is 7. The van der Waals surface area contributed by atoms with Crippen molar-refractivity contribution in [3.05, 3.63) is 76.9 Å². The number of carbonyl (C=O) groups is 2. The minimum Gasteiger partial charge on any atom is -0.507 e. The Morgan fingerprint density at radius 3 is 2.31 bits per heavy atom. The molecule has 2 N–H and O–H groups in total. The molecule has 1 aromatic heterocycles. The molecule has 0 radical (unpaired) electrons. The molecule has 200 valence electrons. The van der Waals surface area contributed by atoms with Crippen molar-refractivity contribution in [2.45, 2.75) is 13.0 Å². The minimum atomic E-state index is -1.04. The second kappa shape index (κ2) is 10.1. The maximum absolute atomic E-state index is 13.6. The average Bonchev–Trinajstić information content (AvgIpc) is 3.49. The number of aromatic amines is 1. The molecule has 0 spiro atoms. The van der Waals surface area contributed by atoms with Crippen LogP contribution in [0.25, 0.3) is 16.8 Å². The van der Waals surface area contributed by atoms with Crippen LogP contribution < -0.4 is 23.8 Å². The second-order valence-corrected chi connectivity index (χ2v) is 8.93. The lowest BCUT2D eigenvalue weighted by Gasteiger charge is -2.24. The van der Waals surface area contributed by atoms with Gasteiger partial charge in [0.05, 0.1) is 56.7 Å². The molecule has 0 bridgehead atoms. The number of amides is 1. The summed E-state index contributed by atoms with van der Waals surface area (Å²) in [7, 11) is 5.94. The molecule has 10 nitrogen and oxygen atoms in total. The maximum Gasteiger partial charge on any atom is 0.302 e. The van der Waals surface area contributed by atoms with Gasteiger partial charge in [-0.3, -0.25) is 14.5 Å². The van der Waals surface area contributed by atoms with Crippen LogP contribution in [0.2, 0.25) is 0 Å². The molecule has 1 amide bonds. The first-order chi connectivity index (χ1) is 18.8. The number of nitrogens with zero attached hydrogens (tertiary/aromatic N) is 2. The first-order valence-corrected chi connectivity index (χ1v) is 12.0. The Labute approximate surface area is 224 Å². The van der Waals surface area contributed by atoms with Crippen LogP contribution in [0.1, 0.15) is 22.7 Å². The zero-order valence-electron chi connectivity index (χ0n) is 22.1. The summed E-state index contributed by atoms with van der Waals surface area (Å²) in [5.41, 5.74) is 2.92. The van der Waals surface area contributed by atoms with E-state index < -0.39 is 23.5 Å². The molecule has 1 atom stereocenters. The lowest BCUT2D eigenvalue weighted by Crippen LogP contribution is -2.30. The number of anilines is 1. The number of methoxy groups -OCH3 is 4. The van der Waals surface area contributed by atoms with Crippen molar-refractivity contribution in [3.63, 3.8) is 0 Å². The molecular formula is C29H27N3O7. The SMILES string of the molecule is COc1ccc(/C(O)=C2\C(=O)C(=O)N(c3nc4ccc(C)cc4[nH]3)C2c2ccc(OC)c(OC)c2)c(OC)c1. The van der Waals surface area contributed by atoms with E-state index in [4.69, 9.17) is 18.9 Å². The first-order valence-electron chi connectivity index (χ1n) is 12.0. The van der Waals surface area contributed by atoms with Crippen LogP contribution in [0.15, 0.2) is 60.2 Å². The van der Waals surface area contributed by atoms with Crippen LogP contribution in [0.4, 0.5) is 5.95 Å². The number of ketones is 1. The number of ether oxygens (including phenoxy) is 4. The smallest absolute Gasteiger partial charge is 0.302 e. The normalized spacial score (nSPS) is 16.5. The van der Waals surface area contributed by atoms with E-state index in [9.17, 15) is 14.7 Å². The van der Waals surface area contributed by atoms with Gasteiger partial charge in [0.1, 0.15) is 17.3 Å². The van der Waals surface area contributed by atoms with Gasteiger partial charge in [-0.25, -0.2) is 4.98 Å². The third-order valence-electron chi connectivity index (χ3n) is 6.68. The third kappa shape index (κ3) is 4.29. The number of hydrogen-bond donors (Lipinski definition) is 2. The van der Waals surface area contributed by atoms with Gasteiger partial charge in [0, 0.05) is 6.07 Å². The Morgan fingerprint density at radius 2 is 1.62 bits per heavy atom. The van der Waals surface area contributed by atoms with E-state index in [2.05, 4.69) is 9.97 Å². The summed E-state index contributed by atoms with van der Waals surface area (Å²) in [6, 6.07) is 14.4. The summed E-state index contributed by atoms with van der Waals surface area (Å²) in [6.45, 7) is 1.94. The number of aliphatic hydroxyl groups excluding tert-OH is 1. The topological polar surface area (TPSA) is 123 Å². The molecule has 1 fully saturated rings. The van der Waals surface area contributed by atoms with Gasteiger partial charge in [-0.15, -0.1) is 0 Å². The highest BCUT2D eigenvalue weighted by Crippen LogP contribution is 2.45. The zero-order valence-corrected chi connectivity index (χ0v) is 22.1. The fourth-order valence-electron chi connectivity index (χ4n) is 4.75. The molecule has 0 aliphatic carbocycles. The largest absolute Gasteiger partial charge is 0.507 e. The summed E-state index contributed by atoms with van der Waals surface area (Å²) in [4.78, 5) is 36.2. The molecule has 39 heavy (non-hydrogen) atoms. The quantitative estimate of drug-likeness (QED) is 0.203. The molecule has 10 heteroatoms. The number of benzene rings is 3. The van der Waals surface area contributed by atoms with Crippen molar-refractivity contribution in [3.8, 4) is 23.0 Å². The van der Waals surface area contributed by atoms with Gasteiger partial charge < -0.3 is 29.0 Å². The number of aliphatic hydroxyl groups is 1. The number of carbonyl (C=O) groups excluding carboxylic acids is 2. The molecule has 1 aliphatic rings. The number of imidazole rings is 1. The Bertz CT molecular complexity index is 1640. The van der Waals surface area contributed by atoms with Crippen LogP contribution in [-0.2, 0) is 9.59 Å². The fraction of sp³-hybridized carbons (Fsp3) is 0.207. The van der Waals surface area contributed by atoms with Crippen molar-refractivity contribution < 1.29 is 33.6 Å². The third-order valence-corrected chi connectivity index (χ3v) is 6.68. The molecule has 2 heterocycles. The van der Waals surface area contributed by atoms with Gasteiger partial charge in [0.15, 0.2) is 11.5 Å². The summed E-state index contributed by atoms with van der Waals surface area (Å²) in [5.74, 6) is -0.333. The van der Waals surface area contributed by atoms with Crippen LogP contribution in [0.5, 0.6) is 23.0 Å². The van der Waals surface area contributed by atoms with Crippen molar-refractivity contribution >= 4 is 34.4 Å². The highest BCUT2D eigenvalue weighted by Gasteiger charge is 2.48. The van der Waals surface area contributed by atoms with Gasteiger partial charge in [-0.2, -0.15) is 0 Å². The van der Waals surface area contributed by atoms with Crippen LogP contribution in [0, 0.1) is 6.92 Å². The fourth-order valence-corrected chi connectivity index (χ4v) is 4.75. The molecule has 4 aromatic rings. The van der Waals surface area contributed by atoms with Crippen molar-refractivity contribution in [1.82, 2.24) is 9.97 Å². The average molecular weight is 530 g/mol. The zero-order chi connectivity index (χ0) is 27.8. The number of H-pyrrole nitrogens is 1. The lowest BCUT2D eigenvalue weighted by atomic mass is 9.94. The highest BCUT2D eigenvalue weighted by atomic mass is 16.5. The summed E-state index contributed by atoms with van der Waals surface area (Å²) >= 11 is 0. The molecule has 5 rings (SSSR count). The molecule has 1 aliphatic heterocycles. The van der Waals surface area contributed by atoms with E-state index in [0.717, 1.165) is 5.56 Å². The maximum atomic E-state index is 13.6. The van der Waals surface area contributed by atoms with E-state index in [1.807, 2.05) is 25.1 Å². The van der Waals surface area contributed by atoms with E-state index in [0.29, 0.717) is 33.8 Å². The number of nitrogens with one attached hydrogen (secondary N) is 1. The van der Waals surface area contributed by atoms with E-state index >= 15 is 0 Å². The van der Waals surface area contributed by atoms with Crippen LogP contribution in [-0.4, -0.2) is 55.2 Å². The van der Waals surface area contributed by atoms with E-state index in [-0.39, 0.29) is 22.8 Å². The van der Waals surface area contributed by atoms with Gasteiger partial charge in [0.25, 0.3) is 5.78 Å². The Hall–Kier alpha value is -4.99. The monoisotopic (exact) mass is 529 g/mol. The Balaban J connectivity index is 1.76. The van der Waals surface area contributed by atoms with Crippen molar-refractivity contribution in [1.29, 1.82) is 0 Å². The number of fused-ring (bicyclic) bond motifs is 1. The van der Waals surface area contributed by atoms with Gasteiger partial charge in [-0.1, -0.05) is 12.1 Å². The summed E-state index contributed by atoms with van der Waals surface area (Å²) < 4.78 is 21.6. The molecule has 1 unspecified atom stereocenters. The second-order valence-electron chi connectivity index (χ2n) is 8.93. The predicted molar refractivity (Wildman–Crippen MR) is 145 cm³/mol. The minimum absolute atomic E-state index is 0.132. The molecular weight excluding hydrogens is 502 g/mol. The van der Waals surface area contributed by atoms with E-state index in [1.165, 1.54) is 33.3 Å². The summed E-state index contributed by atoms with van der Waals surface area (Å²) in [6.07, 6.45) is 0.